The first-order chi connectivity index (χ1) is 8.15. The molecule has 2 heterocycles. The standard InChI is InChI=1S/C12H16N2O3/c1-12(11(15)16,10-4-2-3-5-13-10)14-6-8-17-9-7-14/h2-5H,6-9H2,1H3,(H,15,16). The van der Waals surface area contributed by atoms with Crippen LogP contribution < -0.4 is 0 Å². The number of carboxylic acids is 1. The predicted octanol–water partition coefficient (Wildman–Crippen LogP) is 0.714. The van der Waals surface area contributed by atoms with Crippen LogP contribution >= 0.6 is 0 Å². The van der Waals surface area contributed by atoms with Gasteiger partial charge < -0.3 is 9.84 Å². The van der Waals surface area contributed by atoms with Crippen molar-refractivity contribution in [3.63, 3.8) is 0 Å². The van der Waals surface area contributed by atoms with Gasteiger partial charge in [0.15, 0.2) is 5.54 Å². The Balaban J connectivity index is 2.35. The van der Waals surface area contributed by atoms with E-state index in [0.29, 0.717) is 32.0 Å². The third kappa shape index (κ3) is 2.16. The average molecular weight is 236 g/mol. The van der Waals surface area contributed by atoms with Gasteiger partial charge in [0.05, 0.1) is 18.9 Å². The van der Waals surface area contributed by atoms with Gasteiger partial charge in [0.1, 0.15) is 0 Å². The molecule has 1 aromatic heterocycles. The topological polar surface area (TPSA) is 62.7 Å². The lowest BCUT2D eigenvalue weighted by Gasteiger charge is -2.39. The molecule has 0 saturated carbocycles. The van der Waals surface area contributed by atoms with E-state index in [1.54, 1.807) is 25.3 Å². The van der Waals surface area contributed by atoms with E-state index in [9.17, 15) is 9.90 Å². The van der Waals surface area contributed by atoms with Crippen LogP contribution in [0.5, 0.6) is 0 Å². The molecule has 0 amide bonds. The molecule has 0 aliphatic carbocycles. The zero-order valence-corrected chi connectivity index (χ0v) is 9.80. The van der Waals surface area contributed by atoms with Gasteiger partial charge in [0, 0.05) is 19.3 Å². The van der Waals surface area contributed by atoms with E-state index in [2.05, 4.69) is 4.98 Å². The molecule has 1 fully saturated rings. The van der Waals surface area contributed by atoms with Crippen molar-refractivity contribution >= 4 is 5.97 Å². The van der Waals surface area contributed by atoms with Gasteiger partial charge in [-0.3, -0.25) is 9.88 Å². The molecule has 1 atom stereocenters. The maximum absolute atomic E-state index is 11.6. The SMILES string of the molecule is CC(C(=O)O)(c1ccccn1)N1CCOCC1. The maximum Gasteiger partial charge on any atom is 0.330 e. The first kappa shape index (κ1) is 12.0. The minimum absolute atomic E-state index is 0.564. The molecular weight excluding hydrogens is 220 g/mol. The van der Waals surface area contributed by atoms with Crippen molar-refractivity contribution in [1.29, 1.82) is 0 Å². The summed E-state index contributed by atoms with van der Waals surface area (Å²) in [5.41, 5.74) is -0.514. The van der Waals surface area contributed by atoms with Crippen LogP contribution in [0.25, 0.3) is 0 Å². The van der Waals surface area contributed by atoms with Crippen LogP contribution in [0, 0.1) is 0 Å². The molecule has 0 radical (unpaired) electrons. The number of rotatable bonds is 3. The van der Waals surface area contributed by atoms with Crippen molar-refractivity contribution in [2.75, 3.05) is 26.3 Å². The minimum atomic E-state index is -1.08. The van der Waals surface area contributed by atoms with E-state index < -0.39 is 11.5 Å². The molecule has 1 unspecified atom stereocenters. The molecule has 0 bridgehead atoms. The lowest BCUT2D eigenvalue weighted by atomic mass is 9.94. The molecule has 1 N–H and O–H groups in total. The number of ether oxygens (including phenoxy) is 1. The van der Waals surface area contributed by atoms with E-state index in [0.717, 1.165) is 0 Å². The Labute approximate surface area is 100 Å². The van der Waals surface area contributed by atoms with Crippen LogP contribution in [-0.2, 0) is 15.1 Å². The molecule has 1 aliphatic rings. The Morgan fingerprint density at radius 3 is 2.71 bits per heavy atom. The van der Waals surface area contributed by atoms with E-state index in [1.165, 1.54) is 0 Å². The molecule has 1 aliphatic heterocycles. The monoisotopic (exact) mass is 236 g/mol. The highest BCUT2D eigenvalue weighted by atomic mass is 16.5. The van der Waals surface area contributed by atoms with Crippen LogP contribution in [0.1, 0.15) is 12.6 Å². The molecular formula is C12H16N2O3. The third-order valence-corrected chi connectivity index (χ3v) is 3.22. The molecule has 2 rings (SSSR count). The fourth-order valence-corrected chi connectivity index (χ4v) is 2.07. The molecule has 1 aromatic rings. The largest absolute Gasteiger partial charge is 0.480 e. The lowest BCUT2D eigenvalue weighted by molar-refractivity contribution is -0.154. The zero-order chi connectivity index (χ0) is 12.3. The van der Waals surface area contributed by atoms with Gasteiger partial charge in [-0.1, -0.05) is 6.07 Å². The summed E-state index contributed by atoms with van der Waals surface area (Å²) in [6, 6.07) is 5.35. The Kier molecular flexibility index (Phi) is 3.40. The number of hydrogen-bond acceptors (Lipinski definition) is 4. The van der Waals surface area contributed by atoms with Gasteiger partial charge >= 0.3 is 5.97 Å². The smallest absolute Gasteiger partial charge is 0.330 e. The van der Waals surface area contributed by atoms with Crippen LogP contribution in [0.4, 0.5) is 0 Å². The second-order valence-corrected chi connectivity index (χ2v) is 4.19. The number of morpholine rings is 1. The van der Waals surface area contributed by atoms with Gasteiger partial charge in [-0.05, 0) is 19.1 Å². The highest BCUT2D eigenvalue weighted by Crippen LogP contribution is 2.27. The fraction of sp³-hybridized carbons (Fsp3) is 0.500. The predicted molar refractivity (Wildman–Crippen MR) is 61.6 cm³/mol. The van der Waals surface area contributed by atoms with Gasteiger partial charge in [-0.25, -0.2) is 4.79 Å². The van der Waals surface area contributed by atoms with E-state index in [1.807, 2.05) is 11.0 Å². The number of hydrogen-bond donors (Lipinski definition) is 1. The molecule has 5 nitrogen and oxygen atoms in total. The molecule has 17 heavy (non-hydrogen) atoms. The highest BCUT2D eigenvalue weighted by Gasteiger charge is 2.43. The van der Waals surface area contributed by atoms with Gasteiger partial charge in [0.2, 0.25) is 0 Å². The fourth-order valence-electron chi connectivity index (χ4n) is 2.07. The Hall–Kier alpha value is -1.46. The van der Waals surface area contributed by atoms with Crippen molar-refractivity contribution in [3.05, 3.63) is 30.1 Å². The molecule has 1 saturated heterocycles. The summed E-state index contributed by atoms with van der Waals surface area (Å²) in [7, 11) is 0. The first-order valence-corrected chi connectivity index (χ1v) is 5.63. The van der Waals surface area contributed by atoms with Crippen molar-refractivity contribution < 1.29 is 14.6 Å². The maximum atomic E-state index is 11.6. The number of nitrogens with zero attached hydrogens (tertiary/aromatic N) is 2. The van der Waals surface area contributed by atoms with Gasteiger partial charge in [-0.2, -0.15) is 0 Å². The summed E-state index contributed by atoms with van der Waals surface area (Å²) >= 11 is 0. The summed E-state index contributed by atoms with van der Waals surface area (Å²) < 4.78 is 5.26. The molecule has 92 valence electrons. The molecule has 0 aromatic carbocycles. The molecule has 5 heteroatoms. The summed E-state index contributed by atoms with van der Waals surface area (Å²) in [4.78, 5) is 17.7. The number of carboxylic acid groups (broad SMARTS) is 1. The Morgan fingerprint density at radius 1 is 1.47 bits per heavy atom. The van der Waals surface area contributed by atoms with E-state index >= 15 is 0 Å². The Morgan fingerprint density at radius 2 is 2.18 bits per heavy atom. The Bertz CT molecular complexity index is 390. The highest BCUT2D eigenvalue weighted by molar-refractivity contribution is 5.79. The van der Waals surface area contributed by atoms with Crippen LogP contribution in [-0.4, -0.2) is 47.3 Å². The van der Waals surface area contributed by atoms with E-state index in [4.69, 9.17) is 4.74 Å². The third-order valence-electron chi connectivity index (χ3n) is 3.22. The second kappa shape index (κ2) is 4.81. The van der Waals surface area contributed by atoms with Gasteiger partial charge in [-0.15, -0.1) is 0 Å². The van der Waals surface area contributed by atoms with Crippen LogP contribution in [0.2, 0.25) is 0 Å². The number of aromatic nitrogens is 1. The van der Waals surface area contributed by atoms with Crippen molar-refractivity contribution in [1.82, 2.24) is 9.88 Å². The van der Waals surface area contributed by atoms with Crippen molar-refractivity contribution in [2.45, 2.75) is 12.5 Å². The lowest BCUT2D eigenvalue weighted by Crippen LogP contribution is -2.54. The minimum Gasteiger partial charge on any atom is -0.480 e. The number of aliphatic carboxylic acids is 1. The summed E-state index contributed by atoms with van der Waals surface area (Å²) in [5.74, 6) is -0.877. The van der Waals surface area contributed by atoms with Crippen molar-refractivity contribution in [3.8, 4) is 0 Å². The number of carbonyl (C=O) groups is 1. The zero-order valence-electron chi connectivity index (χ0n) is 9.80. The summed E-state index contributed by atoms with van der Waals surface area (Å²) in [6.07, 6.45) is 1.62. The molecule has 0 spiro atoms. The average Bonchev–Trinajstić information content (AvgIpc) is 2.39. The van der Waals surface area contributed by atoms with Crippen LogP contribution in [0.15, 0.2) is 24.4 Å². The quantitative estimate of drug-likeness (QED) is 0.837. The van der Waals surface area contributed by atoms with E-state index in [-0.39, 0.29) is 0 Å². The summed E-state index contributed by atoms with van der Waals surface area (Å²) in [5, 5.41) is 9.52. The first-order valence-electron chi connectivity index (χ1n) is 5.63. The van der Waals surface area contributed by atoms with Gasteiger partial charge in [0.25, 0.3) is 0 Å². The normalized spacial score (nSPS) is 20.8. The van der Waals surface area contributed by atoms with Crippen LogP contribution in [0.3, 0.4) is 0 Å². The second-order valence-electron chi connectivity index (χ2n) is 4.19. The summed E-state index contributed by atoms with van der Waals surface area (Å²) in [6.45, 7) is 4.05. The van der Waals surface area contributed by atoms with Crippen molar-refractivity contribution in [2.24, 2.45) is 0 Å². The number of pyridine rings is 1.